The van der Waals surface area contributed by atoms with E-state index in [-0.39, 0.29) is 40.8 Å². The highest BCUT2D eigenvalue weighted by Gasteiger charge is 2.37. The number of hydrogen-bond donors (Lipinski definition) is 5. The van der Waals surface area contributed by atoms with Crippen LogP contribution in [-0.4, -0.2) is 72.5 Å². The van der Waals surface area contributed by atoms with Gasteiger partial charge in [0.25, 0.3) is 5.91 Å². The molecule has 0 aliphatic heterocycles. The van der Waals surface area contributed by atoms with E-state index in [1.54, 1.807) is 55.3 Å². The molecule has 0 saturated heterocycles. The number of sulfone groups is 1. The molecule has 1 saturated carbocycles. The monoisotopic (exact) mass is 636 g/mol. The number of fused-ring (bicyclic) bond motifs is 1. The van der Waals surface area contributed by atoms with Crippen LogP contribution in [0.1, 0.15) is 28.8 Å². The first-order chi connectivity index (χ1) is 19.7. The molecule has 1 aliphatic rings. The van der Waals surface area contributed by atoms with Crippen molar-refractivity contribution in [1.82, 2.24) is 15.2 Å². The van der Waals surface area contributed by atoms with Crippen LogP contribution >= 0.6 is 19.4 Å². The van der Waals surface area contributed by atoms with Gasteiger partial charge >= 0.3 is 7.82 Å². The Kier molecular flexibility index (Phi) is 9.68. The predicted octanol–water partition coefficient (Wildman–Crippen LogP) is 2.08. The van der Waals surface area contributed by atoms with Gasteiger partial charge in [0.15, 0.2) is 9.84 Å². The van der Waals surface area contributed by atoms with Crippen molar-refractivity contribution >= 4 is 58.7 Å². The molecule has 0 atom stereocenters. The fraction of sp³-hybridized carbons (Fsp3) is 0.321. The number of carbonyl (C=O) groups is 1. The highest BCUT2D eigenvalue weighted by Crippen LogP contribution is 2.37. The van der Waals surface area contributed by atoms with Crippen molar-refractivity contribution in [2.24, 2.45) is 5.73 Å². The molecule has 3 aromatic rings. The van der Waals surface area contributed by atoms with Crippen LogP contribution in [0.5, 0.6) is 0 Å². The number of rotatable bonds is 12. The SMILES string of the molecule is C=c1[nH]c2c(C)c(C(=O)NCCN(C)CCOP(=O)(O)O)cc(-c3cccc(S(=O)(=O)C4CC4)c3)c2/c1=C/C(Cl)=C\N. The lowest BCUT2D eigenvalue weighted by atomic mass is 9.94. The lowest BCUT2D eigenvalue weighted by Gasteiger charge is -2.18. The van der Waals surface area contributed by atoms with Crippen molar-refractivity contribution in [3.8, 4) is 11.1 Å². The van der Waals surface area contributed by atoms with Gasteiger partial charge in [-0.25, -0.2) is 13.0 Å². The maximum absolute atomic E-state index is 13.4. The first kappa shape index (κ1) is 32.0. The molecule has 226 valence electrons. The van der Waals surface area contributed by atoms with Crippen molar-refractivity contribution < 1.29 is 32.1 Å². The highest BCUT2D eigenvalue weighted by molar-refractivity contribution is 7.92. The molecule has 0 bridgehead atoms. The smallest absolute Gasteiger partial charge is 0.403 e. The fourth-order valence-electron chi connectivity index (χ4n) is 4.69. The minimum Gasteiger partial charge on any atom is -0.403 e. The number of hydrogen-bond acceptors (Lipinski definition) is 7. The Morgan fingerprint density at radius 2 is 2.02 bits per heavy atom. The number of phosphoric ester groups is 1. The standard InChI is InChI=1S/C28H34ClN4O7PS/c1-17-23(28(34)31-9-10-33(3)11-12-40-41(35,36)37)15-25(26-24(14-20(29)16-30)18(2)32-27(17)26)19-5-4-6-22(13-19)42(38,39)21-7-8-21/h4-6,13-16,21,32H,2,7-12,30H2,1,3H3,(H,31,34)(H2,35,36,37)/b20-16+,24-14+. The lowest BCUT2D eigenvalue weighted by Crippen LogP contribution is -2.34. The van der Waals surface area contributed by atoms with E-state index in [1.165, 1.54) is 6.20 Å². The summed E-state index contributed by atoms with van der Waals surface area (Å²) in [4.78, 5) is 36.3. The normalized spacial score (nSPS) is 15.1. The second-order valence-electron chi connectivity index (χ2n) is 10.2. The van der Waals surface area contributed by atoms with E-state index < -0.39 is 17.7 Å². The Morgan fingerprint density at radius 1 is 1.31 bits per heavy atom. The molecule has 6 N–H and O–H groups in total. The molecule has 1 heterocycles. The number of likely N-dealkylation sites (N-methyl/N-ethyl adjacent to an activating group) is 1. The number of phosphoric acid groups is 1. The molecule has 1 fully saturated rings. The molecule has 2 aromatic carbocycles. The molecule has 14 heteroatoms. The van der Waals surface area contributed by atoms with Gasteiger partial charge in [-0.05, 0) is 67.8 Å². The van der Waals surface area contributed by atoms with Crippen LogP contribution in [0.15, 0.2) is 46.5 Å². The average molecular weight is 637 g/mol. The molecular formula is C28H34ClN4O7PS. The summed E-state index contributed by atoms with van der Waals surface area (Å²) >= 11 is 6.26. The number of amides is 1. The van der Waals surface area contributed by atoms with Gasteiger partial charge in [-0.2, -0.15) is 0 Å². The first-order valence-electron chi connectivity index (χ1n) is 13.2. The minimum atomic E-state index is -4.54. The third kappa shape index (κ3) is 7.33. The number of nitrogens with zero attached hydrogens (tertiary/aromatic N) is 1. The number of carbonyl (C=O) groups excluding carboxylic acids is 1. The largest absolute Gasteiger partial charge is 0.469 e. The predicted molar refractivity (Wildman–Crippen MR) is 164 cm³/mol. The van der Waals surface area contributed by atoms with Crippen LogP contribution in [0.25, 0.3) is 34.7 Å². The maximum Gasteiger partial charge on any atom is 0.469 e. The third-order valence-electron chi connectivity index (χ3n) is 7.09. The average Bonchev–Trinajstić information content (AvgIpc) is 3.74. The van der Waals surface area contributed by atoms with E-state index in [0.717, 1.165) is 5.39 Å². The number of aryl methyl sites for hydroxylation is 1. The Hall–Kier alpha value is -2.96. The van der Waals surface area contributed by atoms with Crippen molar-refractivity contribution in [2.75, 3.05) is 33.3 Å². The molecule has 0 unspecified atom stereocenters. The Balaban J connectivity index is 1.73. The fourth-order valence-corrected chi connectivity index (χ4v) is 6.82. The maximum atomic E-state index is 13.4. The summed E-state index contributed by atoms with van der Waals surface area (Å²) in [5.41, 5.74) is 8.55. The highest BCUT2D eigenvalue weighted by atomic mass is 35.5. The molecule has 11 nitrogen and oxygen atoms in total. The number of nitrogens with two attached hydrogens (primary N) is 1. The molecule has 42 heavy (non-hydrogen) atoms. The van der Waals surface area contributed by atoms with Crippen LogP contribution in [0.3, 0.4) is 0 Å². The second kappa shape index (κ2) is 12.7. The summed E-state index contributed by atoms with van der Waals surface area (Å²) in [7, 11) is -6.26. The van der Waals surface area contributed by atoms with E-state index in [9.17, 15) is 17.8 Å². The van der Waals surface area contributed by atoms with Crippen LogP contribution in [0.2, 0.25) is 0 Å². The second-order valence-corrected chi connectivity index (χ2v) is 14.1. The zero-order chi connectivity index (χ0) is 30.8. The van der Waals surface area contributed by atoms with Crippen LogP contribution in [0.4, 0.5) is 0 Å². The zero-order valence-corrected chi connectivity index (χ0v) is 25.7. The minimum absolute atomic E-state index is 0.160. The number of H-pyrrole nitrogens is 1. The van der Waals surface area contributed by atoms with E-state index >= 15 is 0 Å². The Morgan fingerprint density at radius 3 is 2.67 bits per heavy atom. The number of benzene rings is 2. The summed E-state index contributed by atoms with van der Waals surface area (Å²) in [6.45, 7) is 6.68. The van der Waals surface area contributed by atoms with Gasteiger partial charge in [-0.3, -0.25) is 9.32 Å². The van der Waals surface area contributed by atoms with E-state index in [1.807, 2.05) is 0 Å². The van der Waals surface area contributed by atoms with Crippen LogP contribution in [-0.2, 0) is 18.9 Å². The molecule has 1 aliphatic carbocycles. The van der Waals surface area contributed by atoms with E-state index in [4.69, 9.17) is 27.1 Å². The molecule has 1 amide bonds. The van der Waals surface area contributed by atoms with Gasteiger partial charge in [-0.1, -0.05) is 30.3 Å². The van der Waals surface area contributed by atoms with Crippen LogP contribution in [0, 0.1) is 6.92 Å². The van der Waals surface area contributed by atoms with Crippen molar-refractivity contribution in [1.29, 1.82) is 0 Å². The Bertz CT molecular complexity index is 1810. The lowest BCUT2D eigenvalue weighted by molar-refractivity contribution is 0.0948. The van der Waals surface area contributed by atoms with E-state index in [0.29, 0.717) is 57.7 Å². The number of allylic oxidation sites excluding steroid dienone is 1. The number of halogens is 1. The summed E-state index contributed by atoms with van der Waals surface area (Å²) in [5.74, 6) is -0.345. The summed E-state index contributed by atoms with van der Waals surface area (Å²) < 4.78 is 41.4. The van der Waals surface area contributed by atoms with Crippen LogP contribution < -0.4 is 21.6 Å². The summed E-state index contributed by atoms with van der Waals surface area (Å²) in [6.07, 6.45) is 4.21. The molecule has 1 aromatic heterocycles. The summed E-state index contributed by atoms with van der Waals surface area (Å²) in [5, 5.41) is 4.73. The number of aromatic nitrogens is 1. The van der Waals surface area contributed by atoms with E-state index in [2.05, 4.69) is 21.4 Å². The summed E-state index contributed by atoms with van der Waals surface area (Å²) in [6, 6.07) is 8.44. The van der Waals surface area contributed by atoms with Crippen molar-refractivity contribution in [2.45, 2.75) is 29.9 Å². The third-order valence-corrected chi connectivity index (χ3v) is 10.1. The number of aromatic amines is 1. The van der Waals surface area contributed by atoms with Gasteiger partial charge in [0.1, 0.15) is 0 Å². The van der Waals surface area contributed by atoms with Gasteiger partial charge in [0.05, 0.1) is 27.3 Å². The van der Waals surface area contributed by atoms with Crippen molar-refractivity contribution in [3.63, 3.8) is 0 Å². The van der Waals surface area contributed by atoms with Gasteiger partial charge < -0.3 is 30.7 Å². The first-order valence-corrected chi connectivity index (χ1v) is 16.6. The van der Waals surface area contributed by atoms with Gasteiger partial charge in [-0.15, -0.1) is 0 Å². The Labute approximate surface area is 248 Å². The molecular weight excluding hydrogens is 603 g/mol. The quantitative estimate of drug-likeness (QED) is 0.186. The topological polar surface area (TPSA) is 175 Å². The number of nitrogens with one attached hydrogen (secondary N) is 2. The van der Waals surface area contributed by atoms with Gasteiger partial charge in [0, 0.05) is 47.4 Å². The zero-order valence-electron chi connectivity index (χ0n) is 23.3. The van der Waals surface area contributed by atoms with Gasteiger partial charge in [0.2, 0.25) is 0 Å². The molecule has 4 rings (SSSR count). The van der Waals surface area contributed by atoms with Crippen molar-refractivity contribution in [3.05, 3.63) is 63.3 Å². The molecule has 0 spiro atoms. The molecule has 0 radical (unpaired) electrons.